The number of morpholine rings is 1. The number of nitrogens with one attached hydrogen (secondary N) is 2. The molecule has 0 aliphatic carbocycles. The van der Waals surface area contributed by atoms with Crippen LogP contribution in [0.4, 0.5) is 0 Å². The van der Waals surface area contributed by atoms with Gasteiger partial charge >= 0.3 is 0 Å². The number of likely N-dealkylation sites (tertiary alicyclic amines) is 1. The third-order valence-electron chi connectivity index (χ3n) is 5.51. The monoisotopic (exact) mass is 387 g/mol. The molecule has 6 heteroatoms. The minimum Gasteiger partial charge on any atom is -0.379 e. The summed E-state index contributed by atoms with van der Waals surface area (Å²) < 4.78 is 5.47. The Morgan fingerprint density at radius 3 is 2.50 bits per heavy atom. The number of rotatable bonds is 9. The van der Waals surface area contributed by atoms with E-state index in [-0.39, 0.29) is 0 Å². The molecule has 0 amide bonds. The zero-order valence-electron chi connectivity index (χ0n) is 17.5. The first-order valence-corrected chi connectivity index (χ1v) is 11.0. The fourth-order valence-electron chi connectivity index (χ4n) is 3.89. The first-order valence-electron chi connectivity index (χ1n) is 11.0. The maximum Gasteiger partial charge on any atom is 0.191 e. The quantitative estimate of drug-likeness (QED) is 0.386. The molecule has 156 valence electrons. The van der Waals surface area contributed by atoms with Crippen molar-refractivity contribution in [3.63, 3.8) is 0 Å². The molecule has 0 aromatic heterocycles. The Bertz CT molecular complexity index is 594. The Morgan fingerprint density at radius 1 is 1.00 bits per heavy atom. The van der Waals surface area contributed by atoms with Crippen LogP contribution in [0.15, 0.2) is 29.3 Å². The highest BCUT2D eigenvalue weighted by molar-refractivity contribution is 5.79. The molecule has 1 aromatic rings. The van der Waals surface area contributed by atoms with Crippen LogP contribution >= 0.6 is 0 Å². The molecule has 2 N–H and O–H groups in total. The van der Waals surface area contributed by atoms with Gasteiger partial charge in [0.1, 0.15) is 0 Å². The van der Waals surface area contributed by atoms with Gasteiger partial charge in [-0.25, -0.2) is 4.99 Å². The minimum absolute atomic E-state index is 0.710. The maximum atomic E-state index is 5.47. The first-order chi connectivity index (χ1) is 13.8. The predicted octanol–water partition coefficient (Wildman–Crippen LogP) is 2.06. The summed E-state index contributed by atoms with van der Waals surface area (Å²) in [6, 6.07) is 8.68. The molecule has 28 heavy (non-hydrogen) atoms. The molecular weight excluding hydrogens is 350 g/mol. The predicted molar refractivity (Wildman–Crippen MR) is 116 cm³/mol. The standard InChI is InChI=1S/C22H37N5O/c1-2-23-22(24-10-7-13-26-11-5-6-12-26)25-18-20-8-3-4-9-21(20)19-27-14-16-28-17-15-27/h3-4,8-9H,2,5-7,10-19H2,1H3,(H2,23,24,25). The maximum absolute atomic E-state index is 5.47. The highest BCUT2D eigenvalue weighted by Crippen LogP contribution is 2.14. The zero-order chi connectivity index (χ0) is 19.4. The van der Waals surface area contributed by atoms with Crippen LogP contribution in [-0.2, 0) is 17.8 Å². The summed E-state index contributed by atoms with van der Waals surface area (Å²) in [5, 5.41) is 6.88. The van der Waals surface area contributed by atoms with Crippen LogP contribution in [0.5, 0.6) is 0 Å². The Morgan fingerprint density at radius 2 is 1.75 bits per heavy atom. The number of nitrogens with zero attached hydrogens (tertiary/aromatic N) is 3. The van der Waals surface area contributed by atoms with E-state index in [0.717, 1.165) is 58.3 Å². The normalized spacial score (nSPS) is 19.1. The summed E-state index contributed by atoms with van der Waals surface area (Å²) >= 11 is 0. The number of hydrogen-bond donors (Lipinski definition) is 2. The van der Waals surface area contributed by atoms with E-state index in [2.05, 4.69) is 51.6 Å². The van der Waals surface area contributed by atoms with Crippen LogP contribution in [0.2, 0.25) is 0 Å². The molecule has 2 fully saturated rings. The Kier molecular flexibility index (Phi) is 9.07. The lowest BCUT2D eigenvalue weighted by Crippen LogP contribution is -2.38. The number of ether oxygens (including phenoxy) is 1. The number of aliphatic imine (C=N–C) groups is 1. The van der Waals surface area contributed by atoms with Crippen LogP contribution in [0.3, 0.4) is 0 Å². The van der Waals surface area contributed by atoms with Gasteiger partial charge in [0.15, 0.2) is 5.96 Å². The van der Waals surface area contributed by atoms with Crippen molar-refractivity contribution in [3.05, 3.63) is 35.4 Å². The third kappa shape index (κ3) is 7.08. The van der Waals surface area contributed by atoms with Crippen molar-refractivity contribution in [3.8, 4) is 0 Å². The highest BCUT2D eigenvalue weighted by atomic mass is 16.5. The van der Waals surface area contributed by atoms with Crippen LogP contribution in [0.25, 0.3) is 0 Å². The molecule has 0 bridgehead atoms. The van der Waals surface area contributed by atoms with E-state index in [1.807, 2.05) is 0 Å². The first kappa shape index (κ1) is 21.1. The van der Waals surface area contributed by atoms with E-state index < -0.39 is 0 Å². The largest absolute Gasteiger partial charge is 0.379 e. The van der Waals surface area contributed by atoms with Crippen molar-refractivity contribution < 1.29 is 4.74 Å². The summed E-state index contributed by atoms with van der Waals surface area (Å²) in [6.07, 6.45) is 3.89. The molecule has 0 saturated carbocycles. The average Bonchev–Trinajstić information content (AvgIpc) is 3.24. The number of benzene rings is 1. The van der Waals surface area contributed by atoms with Crippen molar-refractivity contribution in [1.82, 2.24) is 20.4 Å². The molecule has 2 aliphatic heterocycles. The lowest BCUT2D eigenvalue weighted by molar-refractivity contribution is 0.0341. The lowest BCUT2D eigenvalue weighted by atomic mass is 10.1. The van der Waals surface area contributed by atoms with Gasteiger partial charge in [-0.05, 0) is 56.9 Å². The summed E-state index contributed by atoms with van der Waals surface area (Å²) in [5.74, 6) is 0.921. The smallest absolute Gasteiger partial charge is 0.191 e. The second kappa shape index (κ2) is 12.0. The summed E-state index contributed by atoms with van der Waals surface area (Å²) in [7, 11) is 0. The van der Waals surface area contributed by atoms with Crippen molar-refractivity contribution in [2.45, 2.75) is 39.3 Å². The lowest BCUT2D eigenvalue weighted by Gasteiger charge is -2.27. The molecule has 2 heterocycles. The second-order valence-corrected chi connectivity index (χ2v) is 7.68. The molecule has 2 saturated heterocycles. The Balaban J connectivity index is 1.50. The van der Waals surface area contributed by atoms with Gasteiger partial charge in [-0.2, -0.15) is 0 Å². The summed E-state index contributed by atoms with van der Waals surface area (Å²) in [4.78, 5) is 9.87. The van der Waals surface area contributed by atoms with Crippen molar-refractivity contribution >= 4 is 5.96 Å². The van der Waals surface area contributed by atoms with Crippen molar-refractivity contribution in [2.75, 3.05) is 59.0 Å². The van der Waals surface area contributed by atoms with E-state index in [1.165, 1.54) is 43.6 Å². The molecule has 0 spiro atoms. The van der Waals surface area contributed by atoms with Gasteiger partial charge in [-0.3, -0.25) is 4.90 Å². The molecule has 3 rings (SSSR count). The van der Waals surface area contributed by atoms with E-state index in [9.17, 15) is 0 Å². The molecule has 1 aromatic carbocycles. The highest BCUT2D eigenvalue weighted by Gasteiger charge is 2.13. The minimum atomic E-state index is 0.710. The topological polar surface area (TPSA) is 52.1 Å². The van der Waals surface area contributed by atoms with Crippen LogP contribution in [0.1, 0.15) is 37.3 Å². The van der Waals surface area contributed by atoms with Gasteiger partial charge < -0.3 is 20.3 Å². The van der Waals surface area contributed by atoms with Gasteiger partial charge in [-0.1, -0.05) is 24.3 Å². The van der Waals surface area contributed by atoms with E-state index in [1.54, 1.807) is 0 Å². The molecule has 2 aliphatic rings. The molecular formula is C22H37N5O. The fraction of sp³-hybridized carbons (Fsp3) is 0.682. The molecule has 0 atom stereocenters. The molecule has 0 radical (unpaired) electrons. The van der Waals surface area contributed by atoms with Crippen LogP contribution in [-0.4, -0.2) is 74.8 Å². The van der Waals surface area contributed by atoms with Gasteiger partial charge in [0.2, 0.25) is 0 Å². The fourth-order valence-corrected chi connectivity index (χ4v) is 3.89. The van der Waals surface area contributed by atoms with E-state index >= 15 is 0 Å². The average molecular weight is 388 g/mol. The van der Waals surface area contributed by atoms with Crippen molar-refractivity contribution in [1.29, 1.82) is 0 Å². The van der Waals surface area contributed by atoms with Gasteiger partial charge in [0.25, 0.3) is 0 Å². The Hall–Kier alpha value is -1.63. The Labute approximate surface area is 170 Å². The SMILES string of the molecule is CCNC(=NCc1ccccc1CN1CCOCC1)NCCCN1CCCC1. The van der Waals surface area contributed by atoms with Gasteiger partial charge in [0, 0.05) is 32.7 Å². The van der Waals surface area contributed by atoms with E-state index in [0.29, 0.717) is 6.54 Å². The number of hydrogen-bond acceptors (Lipinski definition) is 4. The zero-order valence-corrected chi connectivity index (χ0v) is 17.5. The second-order valence-electron chi connectivity index (χ2n) is 7.68. The van der Waals surface area contributed by atoms with E-state index in [4.69, 9.17) is 9.73 Å². The summed E-state index contributed by atoms with van der Waals surface area (Å²) in [6.45, 7) is 13.1. The molecule has 0 unspecified atom stereocenters. The van der Waals surface area contributed by atoms with Crippen LogP contribution < -0.4 is 10.6 Å². The van der Waals surface area contributed by atoms with Gasteiger partial charge in [-0.15, -0.1) is 0 Å². The summed E-state index contributed by atoms with van der Waals surface area (Å²) in [5.41, 5.74) is 2.68. The third-order valence-corrected chi connectivity index (χ3v) is 5.51. The van der Waals surface area contributed by atoms with Crippen molar-refractivity contribution in [2.24, 2.45) is 4.99 Å². The molecule has 6 nitrogen and oxygen atoms in total. The number of guanidine groups is 1. The van der Waals surface area contributed by atoms with Crippen LogP contribution in [0, 0.1) is 0 Å². The van der Waals surface area contributed by atoms with Gasteiger partial charge in [0.05, 0.1) is 19.8 Å².